The number of nitrogens with one attached hydrogen (secondary N) is 2. The molecule has 1 aliphatic rings. The number of aliphatic imine (C=N–C) groups is 1. The molecule has 1 saturated heterocycles. The number of rotatable bonds is 6. The normalized spacial score (nSPS) is 16.1. The van der Waals surface area contributed by atoms with Gasteiger partial charge in [0, 0.05) is 52.5 Å². The van der Waals surface area contributed by atoms with Crippen molar-refractivity contribution in [3.05, 3.63) is 65.6 Å². The van der Waals surface area contributed by atoms with E-state index in [-0.39, 0.29) is 0 Å². The van der Waals surface area contributed by atoms with Crippen LogP contribution in [0.3, 0.4) is 0 Å². The van der Waals surface area contributed by atoms with Crippen LogP contribution in [0.2, 0.25) is 0 Å². The molecule has 8 heteroatoms. The maximum absolute atomic E-state index is 4.31. The molecule has 8 nitrogen and oxygen atoms in total. The number of fused-ring (bicyclic) bond motifs is 1. The highest BCUT2D eigenvalue weighted by atomic mass is 15.3. The van der Waals surface area contributed by atoms with E-state index in [1.807, 2.05) is 28.8 Å². The number of piperazine rings is 1. The van der Waals surface area contributed by atoms with E-state index in [9.17, 15) is 0 Å². The van der Waals surface area contributed by atoms with Gasteiger partial charge in [-0.25, -0.2) is 0 Å². The summed E-state index contributed by atoms with van der Waals surface area (Å²) in [5, 5.41) is 15.1. The van der Waals surface area contributed by atoms with Gasteiger partial charge in [0.05, 0.1) is 6.54 Å². The summed E-state index contributed by atoms with van der Waals surface area (Å²) in [6.07, 6.45) is 1.96. The van der Waals surface area contributed by atoms with Crippen LogP contribution < -0.4 is 10.6 Å². The van der Waals surface area contributed by atoms with Crippen molar-refractivity contribution in [2.24, 2.45) is 4.99 Å². The van der Waals surface area contributed by atoms with E-state index in [0.717, 1.165) is 56.7 Å². The summed E-state index contributed by atoms with van der Waals surface area (Å²) >= 11 is 0. The fraction of sp³-hybridized carbons (Fsp3) is 0.409. The zero-order valence-corrected chi connectivity index (χ0v) is 17.8. The predicted molar refractivity (Wildman–Crippen MR) is 119 cm³/mol. The third-order valence-electron chi connectivity index (χ3n) is 5.51. The second-order valence-electron chi connectivity index (χ2n) is 7.72. The van der Waals surface area contributed by atoms with Crippen molar-refractivity contribution < 1.29 is 0 Å². The van der Waals surface area contributed by atoms with Crippen LogP contribution in [-0.2, 0) is 19.6 Å². The van der Waals surface area contributed by atoms with Gasteiger partial charge in [0.1, 0.15) is 0 Å². The third-order valence-corrected chi connectivity index (χ3v) is 5.51. The maximum atomic E-state index is 4.31. The molecule has 2 N–H and O–H groups in total. The first-order valence-electron chi connectivity index (χ1n) is 10.4. The van der Waals surface area contributed by atoms with Gasteiger partial charge in [0.15, 0.2) is 17.4 Å². The second-order valence-corrected chi connectivity index (χ2v) is 7.72. The summed E-state index contributed by atoms with van der Waals surface area (Å²) in [4.78, 5) is 9.22. The minimum absolute atomic E-state index is 0.550. The Morgan fingerprint density at radius 1 is 0.933 bits per heavy atom. The highest BCUT2D eigenvalue weighted by Gasteiger charge is 2.13. The first-order valence-corrected chi connectivity index (χ1v) is 10.4. The molecule has 1 fully saturated rings. The number of benzene rings is 1. The van der Waals surface area contributed by atoms with Crippen molar-refractivity contribution in [3.63, 3.8) is 0 Å². The Labute approximate surface area is 177 Å². The minimum atomic E-state index is 0.550. The standard InChI is InChI=1S/C22H30N8/c1-23-22(25-16-21-27-26-20-5-3-4-10-30(20)21)24-15-18-6-8-19(9-7-18)17-29-13-11-28(2)12-14-29/h3-10H,11-17H2,1-2H3,(H2,23,24,25). The van der Waals surface area contributed by atoms with Crippen molar-refractivity contribution in [1.29, 1.82) is 0 Å². The molecule has 0 saturated carbocycles. The Morgan fingerprint density at radius 3 is 2.43 bits per heavy atom. The topological polar surface area (TPSA) is 73.1 Å². The average Bonchev–Trinajstić information content (AvgIpc) is 3.20. The van der Waals surface area contributed by atoms with Crippen LogP contribution in [-0.4, -0.2) is 70.6 Å². The fourth-order valence-electron chi connectivity index (χ4n) is 3.61. The van der Waals surface area contributed by atoms with Crippen LogP contribution in [0.25, 0.3) is 5.65 Å². The van der Waals surface area contributed by atoms with E-state index < -0.39 is 0 Å². The number of pyridine rings is 1. The van der Waals surface area contributed by atoms with Gasteiger partial charge in [-0.15, -0.1) is 10.2 Å². The quantitative estimate of drug-likeness (QED) is 0.476. The van der Waals surface area contributed by atoms with Gasteiger partial charge in [0.2, 0.25) is 0 Å². The fourth-order valence-corrected chi connectivity index (χ4v) is 3.61. The van der Waals surface area contributed by atoms with E-state index in [1.165, 1.54) is 11.1 Å². The molecule has 1 aromatic carbocycles. The summed E-state index contributed by atoms with van der Waals surface area (Å²) in [6.45, 7) is 6.88. The van der Waals surface area contributed by atoms with E-state index >= 15 is 0 Å². The molecule has 0 unspecified atom stereocenters. The van der Waals surface area contributed by atoms with E-state index in [1.54, 1.807) is 7.05 Å². The highest BCUT2D eigenvalue weighted by Crippen LogP contribution is 2.10. The number of aromatic nitrogens is 3. The van der Waals surface area contributed by atoms with Crippen LogP contribution in [0, 0.1) is 0 Å². The Morgan fingerprint density at radius 2 is 1.67 bits per heavy atom. The number of guanidine groups is 1. The molecule has 0 aliphatic carbocycles. The third kappa shape index (κ3) is 5.14. The van der Waals surface area contributed by atoms with Crippen LogP contribution in [0.4, 0.5) is 0 Å². The lowest BCUT2D eigenvalue weighted by Crippen LogP contribution is -2.43. The summed E-state index contributed by atoms with van der Waals surface area (Å²) in [7, 11) is 3.96. The molecule has 4 rings (SSSR count). The summed E-state index contributed by atoms with van der Waals surface area (Å²) in [6, 6.07) is 14.7. The molecule has 2 aromatic heterocycles. The molecule has 30 heavy (non-hydrogen) atoms. The lowest BCUT2D eigenvalue weighted by atomic mass is 10.1. The maximum Gasteiger partial charge on any atom is 0.191 e. The lowest BCUT2D eigenvalue weighted by molar-refractivity contribution is 0.148. The van der Waals surface area contributed by atoms with Gasteiger partial charge in [-0.05, 0) is 30.3 Å². The van der Waals surface area contributed by atoms with Gasteiger partial charge < -0.3 is 15.5 Å². The monoisotopic (exact) mass is 406 g/mol. The van der Waals surface area contributed by atoms with E-state index in [0.29, 0.717) is 6.54 Å². The van der Waals surface area contributed by atoms with Gasteiger partial charge in [0.25, 0.3) is 0 Å². The number of likely N-dealkylation sites (N-methyl/N-ethyl adjacent to an activating group) is 1. The second kappa shape index (κ2) is 9.69. The zero-order chi connectivity index (χ0) is 20.8. The van der Waals surface area contributed by atoms with Crippen molar-refractivity contribution in [1.82, 2.24) is 35.0 Å². The van der Waals surface area contributed by atoms with Gasteiger partial charge >= 0.3 is 0 Å². The predicted octanol–water partition coefficient (Wildman–Crippen LogP) is 1.34. The molecule has 0 radical (unpaired) electrons. The summed E-state index contributed by atoms with van der Waals surface area (Å²) < 4.78 is 1.97. The van der Waals surface area contributed by atoms with Crippen molar-refractivity contribution in [2.75, 3.05) is 40.3 Å². The number of hydrogen-bond donors (Lipinski definition) is 2. The molecular formula is C22H30N8. The van der Waals surface area contributed by atoms with E-state index in [2.05, 4.69) is 66.9 Å². The van der Waals surface area contributed by atoms with Gasteiger partial charge in [-0.2, -0.15) is 0 Å². The van der Waals surface area contributed by atoms with E-state index in [4.69, 9.17) is 0 Å². The molecule has 158 valence electrons. The number of nitrogens with zero attached hydrogens (tertiary/aromatic N) is 6. The summed E-state index contributed by atoms with van der Waals surface area (Å²) in [5.74, 6) is 1.59. The first-order chi connectivity index (χ1) is 14.7. The van der Waals surface area contributed by atoms with Crippen molar-refractivity contribution in [3.8, 4) is 0 Å². The molecule has 3 heterocycles. The van der Waals surface area contributed by atoms with Crippen LogP contribution in [0.15, 0.2) is 53.7 Å². The molecule has 3 aromatic rings. The molecule has 1 aliphatic heterocycles. The largest absolute Gasteiger partial charge is 0.352 e. The smallest absolute Gasteiger partial charge is 0.191 e. The van der Waals surface area contributed by atoms with Crippen LogP contribution >= 0.6 is 0 Å². The Bertz CT molecular complexity index is 970. The van der Waals surface area contributed by atoms with Gasteiger partial charge in [-0.1, -0.05) is 30.3 Å². The highest BCUT2D eigenvalue weighted by molar-refractivity contribution is 5.79. The summed E-state index contributed by atoms with van der Waals surface area (Å²) in [5.41, 5.74) is 3.44. The Hall–Kier alpha value is -2.97. The molecule has 0 atom stereocenters. The number of hydrogen-bond acceptors (Lipinski definition) is 5. The lowest BCUT2D eigenvalue weighted by Gasteiger charge is -2.32. The van der Waals surface area contributed by atoms with Crippen molar-refractivity contribution in [2.45, 2.75) is 19.6 Å². The van der Waals surface area contributed by atoms with Crippen molar-refractivity contribution >= 4 is 11.6 Å². The van der Waals surface area contributed by atoms with Crippen LogP contribution in [0.1, 0.15) is 17.0 Å². The molecule has 0 spiro atoms. The Balaban J connectivity index is 1.25. The molecule has 0 amide bonds. The van der Waals surface area contributed by atoms with Gasteiger partial charge in [-0.3, -0.25) is 14.3 Å². The average molecular weight is 407 g/mol. The Kier molecular flexibility index (Phi) is 6.56. The SMILES string of the molecule is CN=C(NCc1ccc(CN2CCN(C)CC2)cc1)NCc1nnc2ccccn12. The minimum Gasteiger partial charge on any atom is -0.352 e. The molecule has 0 bridgehead atoms. The first kappa shape index (κ1) is 20.3. The molecular weight excluding hydrogens is 376 g/mol. The van der Waals surface area contributed by atoms with Crippen LogP contribution in [0.5, 0.6) is 0 Å². The zero-order valence-electron chi connectivity index (χ0n) is 17.8.